The number of rotatable bonds is 5. The van der Waals surface area contributed by atoms with Crippen molar-refractivity contribution in [2.24, 2.45) is 5.92 Å². The first-order valence-electron chi connectivity index (χ1n) is 6.63. The van der Waals surface area contributed by atoms with Gasteiger partial charge in [0, 0.05) is 24.8 Å². The van der Waals surface area contributed by atoms with Gasteiger partial charge >= 0.3 is 0 Å². The highest BCUT2D eigenvalue weighted by Crippen LogP contribution is 2.21. The molecule has 0 aromatic heterocycles. The van der Waals surface area contributed by atoms with Crippen LogP contribution in [-0.2, 0) is 9.59 Å². The summed E-state index contributed by atoms with van der Waals surface area (Å²) in [6.45, 7) is 0. The van der Waals surface area contributed by atoms with Crippen molar-refractivity contribution in [3.8, 4) is 0 Å². The van der Waals surface area contributed by atoms with Crippen molar-refractivity contribution in [3.63, 3.8) is 0 Å². The lowest BCUT2D eigenvalue weighted by Gasteiger charge is -2.22. The molecule has 2 amide bonds. The Hall–Kier alpha value is -2.01. The van der Waals surface area contributed by atoms with Gasteiger partial charge in [-0.2, -0.15) is 0 Å². The molecular weight excluding hydrogens is 258 g/mol. The second kappa shape index (κ2) is 6.43. The van der Waals surface area contributed by atoms with E-state index in [1.807, 2.05) is 6.07 Å². The molecule has 1 atom stereocenters. The average Bonchev–Trinajstić information content (AvgIpc) is 2.38. The van der Waals surface area contributed by atoms with E-state index in [9.17, 15) is 19.5 Å². The Morgan fingerprint density at radius 1 is 1.20 bits per heavy atom. The maximum absolute atomic E-state index is 11.9. The van der Waals surface area contributed by atoms with Gasteiger partial charge in [0.25, 0.3) is 0 Å². The number of ketones is 1. The molecule has 2 rings (SSSR count). The van der Waals surface area contributed by atoms with Crippen molar-refractivity contribution in [2.75, 3.05) is 0 Å². The molecule has 0 bridgehead atoms. The van der Waals surface area contributed by atoms with Gasteiger partial charge in [-0.3, -0.25) is 19.7 Å². The molecule has 1 saturated heterocycles. The fraction of sp³-hybridized carbons (Fsp3) is 0.400. The lowest BCUT2D eigenvalue weighted by atomic mass is 9.89. The molecule has 20 heavy (non-hydrogen) atoms. The number of carbonyl (C=O) groups is 3. The molecule has 1 aromatic carbocycles. The molecule has 2 N–H and O–H groups in total. The average molecular weight is 275 g/mol. The van der Waals surface area contributed by atoms with Crippen molar-refractivity contribution in [1.29, 1.82) is 0 Å². The number of aliphatic hydroxyl groups excluding tert-OH is 1. The Balaban J connectivity index is 1.86. The molecule has 0 radical (unpaired) electrons. The minimum Gasteiger partial charge on any atom is -0.393 e. The summed E-state index contributed by atoms with van der Waals surface area (Å²) in [6, 6.07) is 8.76. The molecular formula is C15H17NO4. The lowest BCUT2D eigenvalue weighted by molar-refractivity contribution is -0.135. The highest BCUT2D eigenvalue weighted by molar-refractivity contribution is 5.98. The van der Waals surface area contributed by atoms with Crippen LogP contribution in [0, 0.1) is 5.92 Å². The fourth-order valence-electron chi connectivity index (χ4n) is 2.44. The quantitative estimate of drug-likeness (QED) is 0.622. The number of benzene rings is 1. The SMILES string of the molecule is O=C1CC(C[C@@H](O)CC(=O)c2ccccc2)CC(=O)N1. The maximum Gasteiger partial charge on any atom is 0.226 e. The molecule has 5 nitrogen and oxygen atoms in total. The van der Waals surface area contributed by atoms with Gasteiger partial charge < -0.3 is 5.11 Å². The van der Waals surface area contributed by atoms with Crippen LogP contribution in [0.15, 0.2) is 30.3 Å². The van der Waals surface area contributed by atoms with E-state index < -0.39 is 6.10 Å². The van der Waals surface area contributed by atoms with Crippen LogP contribution in [0.4, 0.5) is 0 Å². The minimum atomic E-state index is -0.827. The molecule has 106 valence electrons. The highest BCUT2D eigenvalue weighted by Gasteiger charge is 2.27. The first-order valence-corrected chi connectivity index (χ1v) is 6.63. The van der Waals surface area contributed by atoms with Gasteiger partial charge in [0.2, 0.25) is 11.8 Å². The van der Waals surface area contributed by atoms with Crippen molar-refractivity contribution in [1.82, 2.24) is 5.32 Å². The molecule has 0 spiro atoms. The number of hydrogen-bond donors (Lipinski definition) is 2. The number of imide groups is 1. The number of Topliss-reactive ketones (excluding diaryl/α,β-unsaturated/α-hetero) is 1. The number of hydrogen-bond acceptors (Lipinski definition) is 4. The van der Waals surface area contributed by atoms with Gasteiger partial charge in [0.1, 0.15) is 0 Å². The van der Waals surface area contributed by atoms with Crippen LogP contribution in [0.2, 0.25) is 0 Å². The summed E-state index contributed by atoms with van der Waals surface area (Å²) in [5.74, 6) is -0.944. The monoisotopic (exact) mass is 275 g/mol. The molecule has 0 unspecified atom stereocenters. The van der Waals surface area contributed by atoms with E-state index in [0.717, 1.165) is 0 Å². The van der Waals surface area contributed by atoms with E-state index in [0.29, 0.717) is 5.56 Å². The largest absolute Gasteiger partial charge is 0.393 e. The van der Waals surface area contributed by atoms with E-state index in [1.165, 1.54) is 0 Å². The molecule has 5 heteroatoms. The van der Waals surface area contributed by atoms with E-state index in [1.54, 1.807) is 24.3 Å². The van der Waals surface area contributed by atoms with Crippen LogP contribution in [-0.4, -0.2) is 28.8 Å². The van der Waals surface area contributed by atoms with Gasteiger partial charge in [-0.1, -0.05) is 30.3 Å². The van der Waals surface area contributed by atoms with Crippen LogP contribution >= 0.6 is 0 Å². The molecule has 1 fully saturated rings. The lowest BCUT2D eigenvalue weighted by Crippen LogP contribution is -2.39. The zero-order valence-electron chi connectivity index (χ0n) is 11.0. The Kier molecular flexibility index (Phi) is 4.63. The third-order valence-corrected chi connectivity index (χ3v) is 3.35. The summed E-state index contributed by atoms with van der Waals surface area (Å²) in [5.41, 5.74) is 0.559. The van der Waals surface area contributed by atoms with E-state index in [2.05, 4.69) is 5.32 Å². The van der Waals surface area contributed by atoms with Gasteiger partial charge in [-0.25, -0.2) is 0 Å². The maximum atomic E-state index is 11.9. The van der Waals surface area contributed by atoms with Gasteiger partial charge in [-0.05, 0) is 12.3 Å². The standard InChI is InChI=1S/C15H17NO4/c17-12(6-10-7-14(19)16-15(20)8-10)9-13(18)11-4-2-1-3-5-11/h1-5,10,12,17H,6-9H2,(H,16,19,20)/t12-/m1/s1. The molecule has 1 aliphatic rings. The molecule has 1 heterocycles. The first-order chi connectivity index (χ1) is 9.54. The molecule has 1 aromatic rings. The Morgan fingerprint density at radius 2 is 1.80 bits per heavy atom. The number of carbonyl (C=O) groups excluding carboxylic acids is 3. The van der Waals surface area contributed by atoms with Gasteiger partial charge in [0.15, 0.2) is 5.78 Å². The van der Waals surface area contributed by atoms with Crippen molar-refractivity contribution < 1.29 is 19.5 Å². The topological polar surface area (TPSA) is 83.5 Å². The van der Waals surface area contributed by atoms with Crippen molar-refractivity contribution >= 4 is 17.6 Å². The zero-order chi connectivity index (χ0) is 14.5. The first kappa shape index (κ1) is 14.4. The number of amides is 2. The molecule has 0 saturated carbocycles. The van der Waals surface area contributed by atoms with Crippen molar-refractivity contribution in [2.45, 2.75) is 31.8 Å². The third-order valence-electron chi connectivity index (χ3n) is 3.35. The van der Waals surface area contributed by atoms with Gasteiger partial charge in [-0.15, -0.1) is 0 Å². The van der Waals surface area contributed by atoms with Gasteiger partial charge in [0.05, 0.1) is 6.10 Å². The van der Waals surface area contributed by atoms with Crippen molar-refractivity contribution in [3.05, 3.63) is 35.9 Å². The van der Waals surface area contributed by atoms with Crippen LogP contribution in [0.3, 0.4) is 0 Å². The Bertz CT molecular complexity index is 496. The predicted octanol–water partition coefficient (Wildman–Crippen LogP) is 1.06. The minimum absolute atomic E-state index is 0.0102. The summed E-state index contributed by atoms with van der Waals surface area (Å²) in [6.07, 6.45) is -0.0787. The summed E-state index contributed by atoms with van der Waals surface area (Å²) >= 11 is 0. The smallest absolute Gasteiger partial charge is 0.226 e. The normalized spacial score (nSPS) is 17.6. The number of aliphatic hydroxyl groups is 1. The predicted molar refractivity (Wildman–Crippen MR) is 71.9 cm³/mol. The van der Waals surface area contributed by atoms with Crippen LogP contribution in [0.1, 0.15) is 36.0 Å². The summed E-state index contributed by atoms with van der Waals surface area (Å²) in [4.78, 5) is 34.4. The van der Waals surface area contributed by atoms with Crippen LogP contribution in [0.5, 0.6) is 0 Å². The summed E-state index contributed by atoms with van der Waals surface area (Å²) < 4.78 is 0. The van der Waals surface area contributed by atoms with E-state index in [4.69, 9.17) is 0 Å². The second-order valence-electron chi connectivity index (χ2n) is 5.13. The number of piperidine rings is 1. The Morgan fingerprint density at radius 3 is 2.40 bits per heavy atom. The van der Waals surface area contributed by atoms with Crippen LogP contribution < -0.4 is 5.32 Å². The number of nitrogens with one attached hydrogen (secondary N) is 1. The molecule has 0 aliphatic carbocycles. The van der Waals surface area contributed by atoms with E-state index in [-0.39, 0.29) is 49.2 Å². The second-order valence-corrected chi connectivity index (χ2v) is 5.13. The highest BCUT2D eigenvalue weighted by atomic mass is 16.3. The Labute approximate surface area is 117 Å². The van der Waals surface area contributed by atoms with Crippen LogP contribution in [0.25, 0.3) is 0 Å². The van der Waals surface area contributed by atoms with E-state index >= 15 is 0 Å². The molecule has 1 aliphatic heterocycles. The summed E-state index contributed by atoms with van der Waals surface area (Å²) in [5, 5.41) is 12.2. The third kappa shape index (κ3) is 3.99. The fourth-order valence-corrected chi connectivity index (χ4v) is 2.44. The zero-order valence-corrected chi connectivity index (χ0v) is 11.0. The summed E-state index contributed by atoms with van der Waals surface area (Å²) in [7, 11) is 0.